The van der Waals surface area contributed by atoms with Crippen molar-refractivity contribution in [2.45, 2.75) is 45.0 Å². The fraction of sp³-hybridized carbons (Fsp3) is 0.500. The van der Waals surface area contributed by atoms with E-state index in [1.807, 2.05) is 6.92 Å². The van der Waals surface area contributed by atoms with Gasteiger partial charge in [-0.2, -0.15) is 0 Å². The molecule has 1 spiro atoms. The summed E-state index contributed by atoms with van der Waals surface area (Å²) in [4.78, 5) is 37.4. The number of cyclic esters (lactones) is 2. The van der Waals surface area contributed by atoms with Crippen LogP contribution in [0.25, 0.3) is 0 Å². The van der Waals surface area contributed by atoms with Crippen molar-refractivity contribution in [3.63, 3.8) is 0 Å². The van der Waals surface area contributed by atoms with Gasteiger partial charge in [-0.25, -0.2) is 4.79 Å². The van der Waals surface area contributed by atoms with Crippen molar-refractivity contribution in [2.75, 3.05) is 6.61 Å². The first-order valence-corrected chi connectivity index (χ1v) is 10.0. The summed E-state index contributed by atoms with van der Waals surface area (Å²) >= 11 is 0. The Balaban J connectivity index is 1.72. The normalized spacial score (nSPS) is 37.4. The molecule has 2 aliphatic heterocycles. The summed E-state index contributed by atoms with van der Waals surface area (Å²) < 4.78 is 22.0. The zero-order valence-corrected chi connectivity index (χ0v) is 16.6. The molecule has 158 valence electrons. The van der Waals surface area contributed by atoms with Crippen LogP contribution in [0.3, 0.4) is 0 Å². The van der Waals surface area contributed by atoms with E-state index in [9.17, 15) is 19.5 Å². The SMILES string of the molecule is CC(=O)O[C@@H]1CC2C(=O)O[C@@H](c3ccoc3)C2=C(C)[C@H]2C[C@H](O)C=C3C(=O)OC[C@]321. The average Bonchev–Trinajstić information content (AvgIpc) is 3.38. The molecule has 8 heteroatoms. The van der Waals surface area contributed by atoms with Crippen LogP contribution in [0, 0.1) is 17.3 Å². The van der Waals surface area contributed by atoms with Crippen molar-refractivity contribution in [1.29, 1.82) is 0 Å². The monoisotopic (exact) mass is 414 g/mol. The molecule has 8 nitrogen and oxygen atoms in total. The average molecular weight is 414 g/mol. The van der Waals surface area contributed by atoms with Crippen molar-refractivity contribution in [3.05, 3.63) is 47.0 Å². The summed E-state index contributed by atoms with van der Waals surface area (Å²) in [7, 11) is 0. The number of esters is 3. The van der Waals surface area contributed by atoms with Crippen LogP contribution < -0.4 is 0 Å². The Morgan fingerprint density at radius 2 is 2.10 bits per heavy atom. The molecule has 5 rings (SSSR count). The third kappa shape index (κ3) is 2.52. The summed E-state index contributed by atoms with van der Waals surface area (Å²) in [5, 5.41) is 10.5. The Hall–Kier alpha value is -2.87. The van der Waals surface area contributed by atoms with Gasteiger partial charge in [0, 0.05) is 24.5 Å². The molecule has 1 aromatic heterocycles. The first-order chi connectivity index (χ1) is 14.3. The third-order valence-corrected chi connectivity index (χ3v) is 6.95. The molecule has 30 heavy (non-hydrogen) atoms. The van der Waals surface area contributed by atoms with Gasteiger partial charge in [0.1, 0.15) is 12.7 Å². The first-order valence-electron chi connectivity index (χ1n) is 10.0. The second-order valence-corrected chi connectivity index (χ2v) is 8.45. The van der Waals surface area contributed by atoms with Gasteiger partial charge in [0.05, 0.1) is 30.0 Å². The molecule has 4 aliphatic rings. The predicted octanol–water partition coefficient (Wildman–Crippen LogP) is 2.00. The van der Waals surface area contributed by atoms with Gasteiger partial charge >= 0.3 is 17.9 Å². The zero-order chi connectivity index (χ0) is 21.2. The number of rotatable bonds is 2. The quantitative estimate of drug-likeness (QED) is 0.444. The Bertz CT molecular complexity index is 987. The van der Waals surface area contributed by atoms with Crippen LogP contribution in [-0.4, -0.2) is 41.8 Å². The number of carbonyl (C=O) groups is 3. The highest BCUT2D eigenvalue weighted by Gasteiger charge is 2.63. The summed E-state index contributed by atoms with van der Waals surface area (Å²) in [5.74, 6) is -2.40. The smallest absolute Gasteiger partial charge is 0.334 e. The topological polar surface area (TPSA) is 112 Å². The molecule has 2 fully saturated rings. The molecule has 1 N–H and O–H groups in total. The van der Waals surface area contributed by atoms with E-state index in [2.05, 4.69) is 0 Å². The van der Waals surface area contributed by atoms with Crippen LogP contribution in [0.1, 0.15) is 38.4 Å². The standard InChI is InChI=1S/C22H22O8/c1-10-15-5-13(24)6-16-21(26)28-9-22(15,16)17(29-11(2)23)7-14-18(10)19(30-20(14)25)12-3-4-27-8-12/h3-4,6,8,13-15,17,19,24H,5,7,9H2,1-2H3/t13-,14?,15+,17+,19-,22+/m0/s1. The maximum atomic E-state index is 12.9. The van der Waals surface area contributed by atoms with Crippen LogP contribution in [-0.2, 0) is 28.6 Å². The van der Waals surface area contributed by atoms with Crippen LogP contribution in [0.5, 0.6) is 0 Å². The van der Waals surface area contributed by atoms with E-state index >= 15 is 0 Å². The molecule has 3 heterocycles. The molecule has 1 aromatic rings. The highest BCUT2D eigenvalue weighted by Crippen LogP contribution is 2.59. The minimum absolute atomic E-state index is 0.0375. The molecule has 6 atom stereocenters. The van der Waals surface area contributed by atoms with E-state index in [-0.39, 0.29) is 18.9 Å². The predicted molar refractivity (Wildman–Crippen MR) is 99.5 cm³/mol. The lowest BCUT2D eigenvalue weighted by molar-refractivity contribution is -0.159. The molecule has 0 radical (unpaired) electrons. The fourth-order valence-corrected chi connectivity index (χ4v) is 5.74. The summed E-state index contributed by atoms with van der Waals surface area (Å²) in [6.07, 6.45) is 2.84. The van der Waals surface area contributed by atoms with E-state index in [1.54, 1.807) is 6.07 Å². The molecule has 0 amide bonds. The number of hydrogen-bond donors (Lipinski definition) is 1. The summed E-state index contributed by atoms with van der Waals surface area (Å²) in [6.45, 7) is 3.24. The van der Waals surface area contributed by atoms with Crippen LogP contribution >= 0.6 is 0 Å². The van der Waals surface area contributed by atoms with Gasteiger partial charge in [0.25, 0.3) is 0 Å². The summed E-state index contributed by atoms with van der Waals surface area (Å²) in [5.41, 5.74) is 1.74. The number of allylic oxidation sites excluding steroid dienone is 1. The van der Waals surface area contributed by atoms with Crippen molar-refractivity contribution in [3.8, 4) is 0 Å². The molecular formula is C22H22O8. The third-order valence-electron chi connectivity index (χ3n) is 6.95. The van der Waals surface area contributed by atoms with Crippen LogP contribution in [0.15, 0.2) is 45.8 Å². The molecule has 2 saturated heterocycles. The van der Waals surface area contributed by atoms with E-state index in [0.29, 0.717) is 17.6 Å². The number of furan rings is 1. The van der Waals surface area contributed by atoms with Gasteiger partial charge in [-0.3, -0.25) is 9.59 Å². The Kier molecular flexibility index (Phi) is 4.18. The zero-order valence-electron chi connectivity index (χ0n) is 16.6. The highest BCUT2D eigenvalue weighted by molar-refractivity contribution is 5.93. The van der Waals surface area contributed by atoms with Crippen molar-refractivity contribution in [2.24, 2.45) is 17.3 Å². The minimum Gasteiger partial charge on any atom is -0.472 e. The molecule has 0 aromatic carbocycles. The van der Waals surface area contributed by atoms with Gasteiger partial charge in [-0.05, 0) is 37.0 Å². The minimum atomic E-state index is -0.940. The first kappa shape index (κ1) is 19.1. The number of aliphatic hydroxyl groups excluding tert-OH is 1. The lowest BCUT2D eigenvalue weighted by Gasteiger charge is -2.44. The van der Waals surface area contributed by atoms with Crippen molar-refractivity contribution >= 4 is 17.9 Å². The molecule has 0 saturated carbocycles. The Morgan fingerprint density at radius 1 is 1.30 bits per heavy atom. The summed E-state index contributed by atoms with van der Waals surface area (Å²) in [6, 6.07) is 1.74. The maximum absolute atomic E-state index is 12.9. The molecule has 1 unspecified atom stereocenters. The highest BCUT2D eigenvalue weighted by atomic mass is 16.6. The lowest BCUT2D eigenvalue weighted by Crippen LogP contribution is -2.49. The van der Waals surface area contributed by atoms with E-state index in [0.717, 1.165) is 11.1 Å². The van der Waals surface area contributed by atoms with Gasteiger partial charge in [0.2, 0.25) is 0 Å². The van der Waals surface area contributed by atoms with E-state index in [4.69, 9.17) is 18.6 Å². The maximum Gasteiger partial charge on any atom is 0.334 e. The number of carbonyl (C=O) groups excluding carboxylic acids is 3. The van der Waals surface area contributed by atoms with Crippen molar-refractivity contribution < 1.29 is 38.1 Å². The van der Waals surface area contributed by atoms with Gasteiger partial charge in [-0.15, -0.1) is 0 Å². The largest absolute Gasteiger partial charge is 0.472 e. The molecule has 2 aliphatic carbocycles. The number of aliphatic hydroxyl groups is 1. The van der Waals surface area contributed by atoms with Crippen LogP contribution in [0.4, 0.5) is 0 Å². The van der Waals surface area contributed by atoms with Crippen molar-refractivity contribution in [1.82, 2.24) is 0 Å². The second-order valence-electron chi connectivity index (χ2n) is 8.45. The van der Waals surface area contributed by atoms with Gasteiger partial charge < -0.3 is 23.7 Å². The lowest BCUT2D eigenvalue weighted by atomic mass is 9.60. The molecule has 0 bridgehead atoms. The van der Waals surface area contributed by atoms with Gasteiger partial charge in [0.15, 0.2) is 6.10 Å². The second kappa shape index (κ2) is 6.57. The van der Waals surface area contributed by atoms with Crippen LogP contribution in [0.2, 0.25) is 0 Å². The van der Waals surface area contributed by atoms with E-state index < -0.39 is 47.6 Å². The number of ether oxygens (including phenoxy) is 3. The Labute approximate surface area is 172 Å². The molecular weight excluding hydrogens is 392 g/mol. The number of hydrogen-bond acceptors (Lipinski definition) is 8. The van der Waals surface area contributed by atoms with E-state index in [1.165, 1.54) is 25.5 Å². The van der Waals surface area contributed by atoms with Gasteiger partial charge in [-0.1, -0.05) is 5.57 Å². The Morgan fingerprint density at radius 3 is 2.80 bits per heavy atom. The fourth-order valence-electron chi connectivity index (χ4n) is 5.74. The number of fused-ring (bicyclic) bond motifs is 1.